The van der Waals surface area contributed by atoms with Gasteiger partial charge in [-0.25, -0.2) is 4.98 Å². The number of benzene rings is 1. The lowest BCUT2D eigenvalue weighted by molar-refractivity contribution is 0.110. The van der Waals surface area contributed by atoms with Crippen molar-refractivity contribution in [2.24, 2.45) is 5.92 Å². The lowest BCUT2D eigenvalue weighted by Crippen LogP contribution is -2.48. The Kier molecular flexibility index (Phi) is 6.95. The highest BCUT2D eigenvalue weighted by molar-refractivity contribution is 7.15. The second kappa shape index (κ2) is 9.23. The third-order valence-corrected chi connectivity index (χ3v) is 7.33. The van der Waals surface area contributed by atoms with Crippen molar-refractivity contribution in [2.45, 2.75) is 59.0 Å². The largest absolute Gasteiger partial charge is 0.374 e. The minimum Gasteiger partial charge on any atom is -0.374 e. The molecule has 1 aliphatic rings. The summed E-state index contributed by atoms with van der Waals surface area (Å²) in [5.74, 6) is 1.20. The van der Waals surface area contributed by atoms with Crippen LogP contribution in [0.2, 0.25) is 0 Å². The number of thiazole rings is 1. The molecule has 3 rings (SSSR count). The van der Waals surface area contributed by atoms with E-state index in [9.17, 15) is 0 Å². The molecule has 0 amide bonds. The predicted octanol–water partition coefficient (Wildman–Crippen LogP) is 6.00. The van der Waals surface area contributed by atoms with Gasteiger partial charge in [0.2, 0.25) is 0 Å². The van der Waals surface area contributed by atoms with Crippen molar-refractivity contribution in [3.05, 3.63) is 53.3 Å². The van der Waals surface area contributed by atoms with Crippen molar-refractivity contribution >= 4 is 11.3 Å². The third kappa shape index (κ3) is 4.66. The van der Waals surface area contributed by atoms with Gasteiger partial charge in [0.1, 0.15) is 0 Å². The van der Waals surface area contributed by atoms with Gasteiger partial charge in [-0.1, -0.05) is 44.7 Å². The summed E-state index contributed by atoms with van der Waals surface area (Å²) in [6.07, 6.45) is 4.36. The van der Waals surface area contributed by atoms with E-state index in [2.05, 4.69) is 75.4 Å². The number of aromatic nitrogens is 1. The van der Waals surface area contributed by atoms with Gasteiger partial charge in [-0.2, -0.15) is 0 Å². The number of likely N-dealkylation sites (tertiary alicyclic amines) is 1. The number of nitrogens with zero attached hydrogens (tertiary/aromatic N) is 3. The molecule has 0 aliphatic carbocycles. The standard InChI is InChI=1S/C24H35N3S/c1-7-20(8-2)18(5)26(6)14-19-9-11-21(12-10-19)23-13-25-24(28-23)22-15-27(16-22)17(3)4/h9-13,17,20,22H,5,7-8,14-16H2,1-4,6H3. The molecule has 0 atom stereocenters. The van der Waals surface area contributed by atoms with Crippen LogP contribution < -0.4 is 0 Å². The summed E-state index contributed by atoms with van der Waals surface area (Å²) in [4.78, 5) is 10.8. The number of hydrogen-bond acceptors (Lipinski definition) is 4. The smallest absolute Gasteiger partial charge is 0.0987 e. The molecule has 0 radical (unpaired) electrons. The van der Waals surface area contributed by atoms with Gasteiger partial charge in [-0.15, -0.1) is 11.3 Å². The summed E-state index contributed by atoms with van der Waals surface area (Å²) >= 11 is 1.86. The molecule has 28 heavy (non-hydrogen) atoms. The van der Waals surface area contributed by atoms with Crippen molar-refractivity contribution in [3.63, 3.8) is 0 Å². The fourth-order valence-corrected chi connectivity index (χ4v) is 4.93. The summed E-state index contributed by atoms with van der Waals surface area (Å²) in [6, 6.07) is 9.61. The summed E-state index contributed by atoms with van der Waals surface area (Å²) in [5, 5.41) is 1.29. The monoisotopic (exact) mass is 397 g/mol. The Labute approximate surface area is 175 Å². The quantitative estimate of drug-likeness (QED) is 0.517. The van der Waals surface area contributed by atoms with Crippen LogP contribution in [0.1, 0.15) is 57.0 Å². The fraction of sp³-hybridized carbons (Fsp3) is 0.542. The predicted molar refractivity (Wildman–Crippen MR) is 122 cm³/mol. The average molecular weight is 398 g/mol. The molecule has 1 fully saturated rings. The number of allylic oxidation sites excluding steroid dienone is 1. The van der Waals surface area contributed by atoms with Crippen molar-refractivity contribution < 1.29 is 0 Å². The maximum Gasteiger partial charge on any atom is 0.0987 e. The molecule has 1 aliphatic heterocycles. The van der Waals surface area contributed by atoms with E-state index in [1.165, 1.54) is 26.7 Å². The first-order valence-electron chi connectivity index (χ1n) is 10.6. The van der Waals surface area contributed by atoms with E-state index in [1.54, 1.807) is 0 Å². The minimum absolute atomic E-state index is 0.581. The van der Waals surface area contributed by atoms with Gasteiger partial charge in [-0.05, 0) is 43.7 Å². The van der Waals surface area contributed by atoms with Gasteiger partial charge in [-0.3, -0.25) is 4.90 Å². The van der Waals surface area contributed by atoms with Gasteiger partial charge in [0.25, 0.3) is 0 Å². The van der Waals surface area contributed by atoms with Crippen LogP contribution in [0.3, 0.4) is 0 Å². The average Bonchev–Trinajstić information content (AvgIpc) is 3.11. The van der Waals surface area contributed by atoms with Gasteiger partial charge in [0.15, 0.2) is 0 Å². The first kappa shape index (κ1) is 21.1. The third-order valence-electron chi connectivity index (χ3n) is 6.12. The van der Waals surface area contributed by atoms with E-state index in [0.717, 1.165) is 32.5 Å². The van der Waals surface area contributed by atoms with Crippen LogP contribution in [0.15, 0.2) is 42.7 Å². The Morgan fingerprint density at radius 2 is 1.86 bits per heavy atom. The van der Waals surface area contributed by atoms with Gasteiger partial charge < -0.3 is 4.90 Å². The molecule has 0 spiro atoms. The Bertz CT molecular complexity index is 767. The van der Waals surface area contributed by atoms with E-state index < -0.39 is 0 Å². The number of hydrogen-bond donors (Lipinski definition) is 0. The SMILES string of the molecule is C=C(C(CC)CC)N(C)Cc1ccc(-c2cnc(C3CN(C(C)C)C3)s2)cc1. The van der Waals surface area contributed by atoms with E-state index in [-0.39, 0.29) is 0 Å². The van der Waals surface area contributed by atoms with Crippen LogP contribution in [0.5, 0.6) is 0 Å². The molecule has 2 heterocycles. The van der Waals surface area contributed by atoms with Crippen LogP contribution in [-0.2, 0) is 6.54 Å². The second-order valence-corrected chi connectivity index (χ2v) is 9.43. The molecule has 0 unspecified atom stereocenters. The van der Waals surface area contributed by atoms with Crippen LogP contribution in [0.25, 0.3) is 10.4 Å². The highest BCUT2D eigenvalue weighted by atomic mass is 32.1. The molecule has 0 N–H and O–H groups in total. The van der Waals surface area contributed by atoms with E-state index in [1.807, 2.05) is 17.5 Å². The molecule has 0 saturated carbocycles. The maximum atomic E-state index is 4.71. The first-order chi connectivity index (χ1) is 13.4. The lowest BCUT2D eigenvalue weighted by atomic mass is 9.99. The van der Waals surface area contributed by atoms with Crippen molar-refractivity contribution in [2.75, 3.05) is 20.1 Å². The molecule has 4 heteroatoms. The Hall–Kier alpha value is -1.65. The summed E-state index contributed by atoms with van der Waals surface area (Å²) in [7, 11) is 2.16. The zero-order valence-electron chi connectivity index (χ0n) is 18.1. The highest BCUT2D eigenvalue weighted by Crippen LogP contribution is 2.35. The summed E-state index contributed by atoms with van der Waals surface area (Å²) in [5.41, 5.74) is 3.85. The summed E-state index contributed by atoms with van der Waals surface area (Å²) in [6.45, 7) is 16.6. The molecule has 1 aromatic heterocycles. The molecule has 0 bridgehead atoms. The van der Waals surface area contributed by atoms with Crippen molar-refractivity contribution in [1.29, 1.82) is 0 Å². The van der Waals surface area contributed by atoms with Gasteiger partial charge >= 0.3 is 0 Å². The molecule has 1 saturated heterocycles. The number of rotatable bonds is 9. The van der Waals surface area contributed by atoms with Crippen molar-refractivity contribution in [3.8, 4) is 10.4 Å². The molecular formula is C24H35N3S. The van der Waals surface area contributed by atoms with Crippen LogP contribution in [0.4, 0.5) is 0 Å². The van der Waals surface area contributed by atoms with Crippen LogP contribution >= 0.6 is 11.3 Å². The Morgan fingerprint density at radius 1 is 1.21 bits per heavy atom. The normalized spacial score (nSPS) is 15.2. The first-order valence-corrected chi connectivity index (χ1v) is 11.4. The van der Waals surface area contributed by atoms with Gasteiger partial charge in [0, 0.05) is 50.5 Å². The van der Waals surface area contributed by atoms with Crippen molar-refractivity contribution in [1.82, 2.24) is 14.8 Å². The molecular weight excluding hydrogens is 362 g/mol. The highest BCUT2D eigenvalue weighted by Gasteiger charge is 2.31. The van der Waals surface area contributed by atoms with Crippen LogP contribution in [-0.4, -0.2) is 41.0 Å². The summed E-state index contributed by atoms with van der Waals surface area (Å²) < 4.78 is 0. The Morgan fingerprint density at radius 3 is 2.43 bits per heavy atom. The van der Waals surface area contributed by atoms with E-state index in [0.29, 0.717) is 17.9 Å². The zero-order valence-corrected chi connectivity index (χ0v) is 18.9. The fourth-order valence-electron chi connectivity index (χ4n) is 3.92. The molecule has 2 aromatic rings. The van der Waals surface area contributed by atoms with E-state index >= 15 is 0 Å². The minimum atomic E-state index is 0.581. The Balaban J connectivity index is 1.60. The molecule has 152 valence electrons. The van der Waals surface area contributed by atoms with Gasteiger partial charge in [0.05, 0.1) is 9.88 Å². The van der Waals surface area contributed by atoms with E-state index in [4.69, 9.17) is 4.98 Å². The van der Waals surface area contributed by atoms with Crippen LogP contribution in [0, 0.1) is 5.92 Å². The lowest BCUT2D eigenvalue weighted by Gasteiger charge is -2.41. The zero-order chi connectivity index (χ0) is 20.3. The molecule has 3 nitrogen and oxygen atoms in total. The molecule has 1 aromatic carbocycles. The second-order valence-electron chi connectivity index (χ2n) is 8.37. The maximum absolute atomic E-state index is 4.71. The topological polar surface area (TPSA) is 19.4 Å².